The molecular weight excluding hydrogens is 225 g/mol. The third-order valence-corrected chi connectivity index (χ3v) is 2.57. The molecule has 1 amide bonds. The molecule has 2 rings (SSSR count). The fourth-order valence-electron chi connectivity index (χ4n) is 1.32. The van der Waals surface area contributed by atoms with Crippen LogP contribution in [0.4, 0.5) is 10.1 Å². The molecule has 0 aliphatic heterocycles. The molecule has 1 saturated carbocycles. The van der Waals surface area contributed by atoms with Gasteiger partial charge < -0.3 is 15.2 Å². The molecule has 5 heteroatoms. The van der Waals surface area contributed by atoms with Crippen LogP contribution in [0.25, 0.3) is 0 Å². The van der Waals surface area contributed by atoms with Crippen molar-refractivity contribution in [2.75, 3.05) is 12.4 Å². The molecule has 17 heavy (non-hydrogen) atoms. The van der Waals surface area contributed by atoms with Gasteiger partial charge in [-0.05, 0) is 37.1 Å². The van der Waals surface area contributed by atoms with Crippen molar-refractivity contribution in [3.05, 3.63) is 30.1 Å². The first-order valence-corrected chi connectivity index (χ1v) is 5.14. The number of amides is 1. The number of nitrogens with one attached hydrogen (secondary N) is 1. The average molecular weight is 239 g/mol. The van der Waals surface area contributed by atoms with Crippen LogP contribution < -0.4 is 5.32 Å². The van der Waals surface area contributed by atoms with E-state index >= 15 is 0 Å². The van der Waals surface area contributed by atoms with Crippen molar-refractivity contribution < 1.29 is 19.1 Å². The topological polar surface area (TPSA) is 66.4 Å². The number of carbonyl (C=O) groups excluding carboxylic acids is 2. The highest BCUT2D eigenvalue weighted by Crippen LogP contribution is 2.44. The summed E-state index contributed by atoms with van der Waals surface area (Å²) in [6.07, 6.45) is 1.89. The van der Waals surface area contributed by atoms with E-state index in [9.17, 15) is 14.0 Å². The number of aliphatic hydroxyl groups is 1. The fourth-order valence-corrected chi connectivity index (χ4v) is 1.32. The lowest BCUT2D eigenvalue weighted by molar-refractivity contribution is -0.126. The molecule has 1 aromatic rings. The number of halogens is 1. The van der Waals surface area contributed by atoms with E-state index in [-0.39, 0.29) is 11.7 Å². The Morgan fingerprint density at radius 1 is 1.35 bits per heavy atom. The lowest BCUT2D eigenvalue weighted by Gasteiger charge is -2.08. The Hall–Kier alpha value is -1.75. The molecule has 0 radical (unpaired) electrons. The van der Waals surface area contributed by atoms with Gasteiger partial charge in [0, 0.05) is 12.8 Å². The largest absolute Gasteiger partial charge is 0.400 e. The molecule has 1 fully saturated rings. The zero-order valence-electron chi connectivity index (χ0n) is 9.44. The van der Waals surface area contributed by atoms with Crippen LogP contribution in [0.1, 0.15) is 12.8 Å². The summed E-state index contributed by atoms with van der Waals surface area (Å²) < 4.78 is 12.6. The lowest BCUT2D eigenvalue weighted by Crippen LogP contribution is -2.25. The molecular formula is C12H14FNO3. The summed E-state index contributed by atoms with van der Waals surface area (Å²) in [6.45, 7) is 0. The Bertz CT molecular complexity index is 399. The molecule has 0 unspecified atom stereocenters. The minimum absolute atomic E-state index is 0.302. The zero-order valence-corrected chi connectivity index (χ0v) is 9.44. The highest BCUT2D eigenvalue weighted by molar-refractivity contribution is 6.07. The van der Waals surface area contributed by atoms with Crippen LogP contribution in [-0.2, 0) is 9.59 Å². The normalized spacial score (nSPS) is 15.2. The van der Waals surface area contributed by atoms with Crippen molar-refractivity contribution in [1.29, 1.82) is 0 Å². The first kappa shape index (κ1) is 13.3. The van der Waals surface area contributed by atoms with Crippen LogP contribution in [0.3, 0.4) is 0 Å². The van der Waals surface area contributed by atoms with Gasteiger partial charge in [0.25, 0.3) is 0 Å². The number of rotatable bonds is 3. The smallest absolute Gasteiger partial charge is 0.237 e. The van der Waals surface area contributed by atoms with Gasteiger partial charge in [-0.1, -0.05) is 0 Å². The van der Waals surface area contributed by atoms with Gasteiger partial charge in [0.1, 0.15) is 17.5 Å². The Labute approximate surface area is 98.5 Å². The highest BCUT2D eigenvalue weighted by atomic mass is 19.1. The van der Waals surface area contributed by atoms with E-state index in [0.29, 0.717) is 24.8 Å². The Balaban J connectivity index is 0.000000686. The van der Waals surface area contributed by atoms with Crippen LogP contribution in [0.5, 0.6) is 0 Å². The molecule has 0 saturated heterocycles. The second-order valence-electron chi connectivity index (χ2n) is 3.74. The van der Waals surface area contributed by atoms with E-state index in [1.807, 2.05) is 0 Å². The zero-order chi connectivity index (χ0) is 12.9. The summed E-state index contributed by atoms with van der Waals surface area (Å²) in [6, 6.07) is 5.45. The molecule has 1 aromatic carbocycles. The molecule has 1 aliphatic rings. The summed E-state index contributed by atoms with van der Waals surface area (Å²) in [5.41, 5.74) is -0.316. The Morgan fingerprint density at radius 2 is 1.88 bits per heavy atom. The van der Waals surface area contributed by atoms with Crippen molar-refractivity contribution >= 4 is 17.9 Å². The first-order chi connectivity index (χ1) is 8.16. The van der Waals surface area contributed by atoms with Gasteiger partial charge in [0.2, 0.25) is 5.91 Å². The number of hydrogen-bond acceptors (Lipinski definition) is 3. The third kappa shape index (κ3) is 3.10. The monoisotopic (exact) mass is 239 g/mol. The first-order valence-electron chi connectivity index (χ1n) is 5.14. The molecule has 1 aliphatic carbocycles. The molecule has 92 valence electrons. The van der Waals surface area contributed by atoms with Crippen molar-refractivity contribution in [2.45, 2.75) is 12.8 Å². The maximum atomic E-state index is 12.6. The Kier molecular flexibility index (Phi) is 4.34. The summed E-state index contributed by atoms with van der Waals surface area (Å²) in [5.74, 6) is -0.659. The van der Waals surface area contributed by atoms with Gasteiger partial charge in [0.05, 0.1) is 0 Å². The van der Waals surface area contributed by atoms with Crippen LogP contribution in [0.15, 0.2) is 24.3 Å². The Morgan fingerprint density at radius 3 is 2.29 bits per heavy atom. The van der Waals surface area contributed by atoms with Crippen molar-refractivity contribution in [3.63, 3.8) is 0 Å². The average Bonchev–Trinajstić information content (AvgIpc) is 3.15. The minimum atomic E-state index is -0.825. The molecule has 0 spiro atoms. The van der Waals surface area contributed by atoms with Gasteiger partial charge >= 0.3 is 0 Å². The van der Waals surface area contributed by atoms with Crippen LogP contribution in [-0.4, -0.2) is 24.4 Å². The quantitative estimate of drug-likeness (QED) is 0.618. The van der Waals surface area contributed by atoms with Crippen LogP contribution >= 0.6 is 0 Å². The number of benzene rings is 1. The van der Waals surface area contributed by atoms with Gasteiger partial charge in [-0.25, -0.2) is 4.39 Å². The standard InChI is InChI=1S/C11H10FNO2.CH4O/c12-8-1-3-9(4-2-8)13-10(15)11(7-14)5-6-11;1-2/h1-4,7H,5-6H2,(H,13,15);2H,1H3. The SMILES string of the molecule is CO.O=CC1(C(=O)Nc2ccc(F)cc2)CC1. The number of hydrogen-bond donors (Lipinski definition) is 2. The van der Waals surface area contributed by atoms with Crippen molar-refractivity contribution in [1.82, 2.24) is 0 Å². The van der Waals surface area contributed by atoms with E-state index in [1.165, 1.54) is 24.3 Å². The molecule has 2 N–H and O–H groups in total. The third-order valence-electron chi connectivity index (χ3n) is 2.57. The minimum Gasteiger partial charge on any atom is -0.400 e. The summed E-state index contributed by atoms with van der Waals surface area (Å²) in [7, 11) is 1.00. The number of anilines is 1. The second-order valence-corrected chi connectivity index (χ2v) is 3.74. The second kappa shape index (κ2) is 5.54. The maximum Gasteiger partial charge on any atom is 0.237 e. The van der Waals surface area contributed by atoms with Gasteiger partial charge in [0.15, 0.2) is 0 Å². The summed E-state index contributed by atoms with van der Waals surface area (Å²) in [5, 5.41) is 9.59. The number of aldehydes is 1. The van der Waals surface area contributed by atoms with Crippen LogP contribution in [0.2, 0.25) is 0 Å². The summed E-state index contributed by atoms with van der Waals surface area (Å²) >= 11 is 0. The van der Waals surface area contributed by atoms with Gasteiger partial charge in [-0.3, -0.25) is 4.79 Å². The number of aliphatic hydroxyl groups excluding tert-OH is 1. The van der Waals surface area contributed by atoms with Gasteiger partial charge in [-0.2, -0.15) is 0 Å². The van der Waals surface area contributed by atoms with Crippen LogP contribution in [0, 0.1) is 11.2 Å². The number of carbonyl (C=O) groups is 2. The molecule has 0 heterocycles. The maximum absolute atomic E-state index is 12.6. The lowest BCUT2D eigenvalue weighted by atomic mass is 10.1. The predicted octanol–water partition coefficient (Wildman–Crippen LogP) is 1.35. The molecule has 4 nitrogen and oxygen atoms in total. The van der Waals surface area contributed by atoms with E-state index in [2.05, 4.69) is 5.32 Å². The molecule has 0 atom stereocenters. The van der Waals surface area contributed by atoms with Crippen molar-refractivity contribution in [2.24, 2.45) is 5.41 Å². The molecule has 0 aromatic heterocycles. The fraction of sp³-hybridized carbons (Fsp3) is 0.333. The van der Waals surface area contributed by atoms with E-state index in [0.717, 1.165) is 7.11 Å². The summed E-state index contributed by atoms with van der Waals surface area (Å²) in [4.78, 5) is 22.2. The highest BCUT2D eigenvalue weighted by Gasteiger charge is 2.49. The van der Waals surface area contributed by atoms with E-state index in [1.54, 1.807) is 0 Å². The van der Waals surface area contributed by atoms with Gasteiger partial charge in [-0.15, -0.1) is 0 Å². The van der Waals surface area contributed by atoms with E-state index < -0.39 is 5.41 Å². The van der Waals surface area contributed by atoms with E-state index in [4.69, 9.17) is 5.11 Å². The molecule has 0 bridgehead atoms. The van der Waals surface area contributed by atoms with Crippen molar-refractivity contribution in [3.8, 4) is 0 Å². The predicted molar refractivity (Wildman–Crippen MR) is 60.9 cm³/mol.